The zero-order valence-corrected chi connectivity index (χ0v) is 23.7. The van der Waals surface area contributed by atoms with E-state index in [4.69, 9.17) is 4.74 Å². The number of rotatable bonds is 18. The van der Waals surface area contributed by atoms with Crippen LogP contribution in [-0.2, 0) is 4.79 Å². The highest BCUT2D eigenvalue weighted by Gasteiger charge is 2.21. The van der Waals surface area contributed by atoms with Crippen LogP contribution >= 0.6 is 23.5 Å². The van der Waals surface area contributed by atoms with Crippen molar-refractivity contribution in [1.29, 1.82) is 0 Å². The van der Waals surface area contributed by atoms with Gasteiger partial charge < -0.3 is 10.1 Å². The normalized spacial score (nSPS) is 11.9. The molecule has 6 heteroatoms. The van der Waals surface area contributed by atoms with Gasteiger partial charge in [0.25, 0.3) is 0 Å². The molecule has 0 aliphatic rings. The number of carbonyl (C=O) groups is 1. The molecule has 194 valence electrons. The first-order chi connectivity index (χ1) is 17.1. The van der Waals surface area contributed by atoms with Gasteiger partial charge in [0.2, 0.25) is 5.91 Å². The third-order valence-electron chi connectivity index (χ3n) is 6.08. The quantitative estimate of drug-likeness (QED) is 0.200. The van der Waals surface area contributed by atoms with Crippen LogP contribution in [0, 0.1) is 6.92 Å². The third kappa shape index (κ3) is 11.3. The molecule has 2 aromatic rings. The Bertz CT molecular complexity index is 858. The van der Waals surface area contributed by atoms with Gasteiger partial charge in [-0.3, -0.25) is 4.79 Å². The zero-order valence-electron chi connectivity index (χ0n) is 22.1. The minimum Gasteiger partial charge on any atom is -0.497 e. The number of hydrogen-bond donors (Lipinski definition) is 1. The van der Waals surface area contributed by atoms with Gasteiger partial charge in [-0.1, -0.05) is 83.4 Å². The van der Waals surface area contributed by atoms with E-state index in [1.807, 2.05) is 55.2 Å². The molecular weight excluding hydrogens is 472 g/mol. The molecule has 35 heavy (non-hydrogen) atoms. The summed E-state index contributed by atoms with van der Waals surface area (Å²) in [6.07, 6.45) is 15.2. The van der Waals surface area contributed by atoms with Gasteiger partial charge in [-0.05, 0) is 61.4 Å². The second-order valence-electron chi connectivity index (χ2n) is 9.05. The number of methoxy groups -OCH3 is 1. The standard InChI is InChI=1S/C29H44N2O2S2/c1-5-7-9-11-12-13-15-26(34-22-14-10-8-6-2)28(32)31-27-23(3)20-21-30-29(27)35-25-18-16-24(33-4)17-19-25/h16-21,26H,5-15,22H2,1-4H3,(H,31,32). The number of aromatic nitrogens is 1. The minimum absolute atomic E-state index is 0.0127. The number of aryl methyl sites for hydroxylation is 1. The van der Waals surface area contributed by atoms with Crippen LogP contribution < -0.4 is 10.1 Å². The molecule has 0 bridgehead atoms. The molecule has 0 fully saturated rings. The van der Waals surface area contributed by atoms with Crippen molar-refractivity contribution in [2.75, 3.05) is 18.2 Å². The Labute approximate surface area is 221 Å². The summed E-state index contributed by atoms with van der Waals surface area (Å²) < 4.78 is 5.27. The molecule has 2 rings (SSSR count). The molecule has 1 unspecified atom stereocenters. The lowest BCUT2D eigenvalue weighted by Gasteiger charge is -2.19. The molecular formula is C29H44N2O2S2. The van der Waals surface area contributed by atoms with Crippen LogP contribution in [0.1, 0.15) is 90.0 Å². The summed E-state index contributed by atoms with van der Waals surface area (Å²) in [5.74, 6) is 1.99. The maximum Gasteiger partial charge on any atom is 0.237 e. The molecule has 0 saturated heterocycles. The fraction of sp³-hybridized carbons (Fsp3) is 0.586. The molecule has 0 saturated carbocycles. The summed E-state index contributed by atoms with van der Waals surface area (Å²) in [6, 6.07) is 9.90. The molecule has 0 radical (unpaired) electrons. The van der Waals surface area contributed by atoms with Crippen molar-refractivity contribution in [3.8, 4) is 5.75 Å². The molecule has 1 N–H and O–H groups in total. The number of carbonyl (C=O) groups excluding carboxylic acids is 1. The summed E-state index contributed by atoms with van der Waals surface area (Å²) >= 11 is 3.40. The van der Waals surface area contributed by atoms with E-state index in [0.717, 1.165) is 45.5 Å². The highest BCUT2D eigenvalue weighted by atomic mass is 32.2. The van der Waals surface area contributed by atoms with Gasteiger partial charge in [-0.15, -0.1) is 11.8 Å². The van der Waals surface area contributed by atoms with Crippen molar-refractivity contribution in [2.45, 2.75) is 107 Å². The van der Waals surface area contributed by atoms with Crippen LogP contribution in [0.15, 0.2) is 46.5 Å². The van der Waals surface area contributed by atoms with Gasteiger partial charge in [0.15, 0.2) is 0 Å². The Kier molecular flexibility index (Phi) is 15.0. The van der Waals surface area contributed by atoms with Gasteiger partial charge in [-0.25, -0.2) is 4.98 Å². The van der Waals surface area contributed by atoms with Crippen molar-refractivity contribution in [3.05, 3.63) is 42.1 Å². The largest absolute Gasteiger partial charge is 0.497 e. The summed E-state index contributed by atoms with van der Waals surface area (Å²) in [6.45, 7) is 6.52. The number of amides is 1. The average molecular weight is 517 g/mol. The van der Waals surface area contributed by atoms with Crippen molar-refractivity contribution >= 4 is 35.1 Å². The highest BCUT2D eigenvalue weighted by molar-refractivity contribution is 8.00. The second-order valence-corrected chi connectivity index (χ2v) is 11.4. The van der Waals surface area contributed by atoms with Crippen molar-refractivity contribution in [2.24, 2.45) is 0 Å². The predicted octanol–water partition coefficient (Wildman–Crippen LogP) is 8.92. The smallest absolute Gasteiger partial charge is 0.237 e. The molecule has 1 aromatic carbocycles. The van der Waals surface area contributed by atoms with Crippen LogP contribution in [0.3, 0.4) is 0 Å². The number of benzene rings is 1. The topological polar surface area (TPSA) is 51.2 Å². The summed E-state index contributed by atoms with van der Waals surface area (Å²) in [5.41, 5.74) is 1.87. The van der Waals surface area contributed by atoms with Gasteiger partial charge >= 0.3 is 0 Å². The molecule has 0 aliphatic heterocycles. The lowest BCUT2D eigenvalue weighted by molar-refractivity contribution is -0.115. The molecule has 1 atom stereocenters. The van der Waals surface area contributed by atoms with E-state index in [9.17, 15) is 4.79 Å². The SMILES string of the molecule is CCCCCCCCC(SCCCCCC)C(=O)Nc1c(C)ccnc1Sc1ccc(OC)cc1. The Hall–Kier alpha value is -1.66. The van der Waals surface area contributed by atoms with Crippen LogP contribution in [0.5, 0.6) is 5.75 Å². The molecule has 0 aliphatic carbocycles. The number of unbranched alkanes of at least 4 members (excludes halogenated alkanes) is 8. The second kappa shape index (κ2) is 17.7. The number of anilines is 1. The number of thioether (sulfide) groups is 1. The molecule has 1 aromatic heterocycles. The van der Waals surface area contributed by atoms with E-state index >= 15 is 0 Å². The average Bonchev–Trinajstić information content (AvgIpc) is 2.87. The molecule has 1 amide bonds. The first kappa shape index (κ1) is 29.6. The molecule has 0 spiro atoms. The summed E-state index contributed by atoms with van der Waals surface area (Å²) in [7, 11) is 1.67. The highest BCUT2D eigenvalue weighted by Crippen LogP contribution is 2.35. The van der Waals surface area contributed by atoms with Gasteiger partial charge in [0.1, 0.15) is 10.8 Å². The first-order valence-electron chi connectivity index (χ1n) is 13.3. The van der Waals surface area contributed by atoms with E-state index < -0.39 is 0 Å². The van der Waals surface area contributed by atoms with E-state index in [-0.39, 0.29) is 11.2 Å². The van der Waals surface area contributed by atoms with Crippen LogP contribution in [-0.4, -0.2) is 29.0 Å². The Morgan fingerprint density at radius 2 is 1.60 bits per heavy atom. The number of nitrogens with zero attached hydrogens (tertiary/aromatic N) is 1. The van der Waals surface area contributed by atoms with Gasteiger partial charge in [0, 0.05) is 11.1 Å². The monoisotopic (exact) mass is 516 g/mol. The number of hydrogen-bond acceptors (Lipinski definition) is 5. The van der Waals surface area contributed by atoms with E-state index in [0.29, 0.717) is 0 Å². The third-order valence-corrected chi connectivity index (χ3v) is 8.46. The van der Waals surface area contributed by atoms with Gasteiger partial charge in [0.05, 0.1) is 18.0 Å². The van der Waals surface area contributed by atoms with E-state index in [1.54, 1.807) is 18.9 Å². The Morgan fingerprint density at radius 1 is 0.943 bits per heavy atom. The van der Waals surface area contributed by atoms with E-state index in [1.165, 1.54) is 57.8 Å². The minimum atomic E-state index is -0.0127. The van der Waals surface area contributed by atoms with Crippen LogP contribution in [0.2, 0.25) is 0 Å². The van der Waals surface area contributed by atoms with Crippen molar-refractivity contribution in [1.82, 2.24) is 4.98 Å². The lowest BCUT2D eigenvalue weighted by Crippen LogP contribution is -2.26. The summed E-state index contributed by atoms with van der Waals surface area (Å²) in [5, 5.41) is 4.08. The molecule has 4 nitrogen and oxygen atoms in total. The van der Waals surface area contributed by atoms with Gasteiger partial charge in [-0.2, -0.15) is 0 Å². The number of pyridine rings is 1. The lowest BCUT2D eigenvalue weighted by atomic mass is 10.1. The van der Waals surface area contributed by atoms with Crippen LogP contribution in [0.25, 0.3) is 0 Å². The number of ether oxygens (including phenoxy) is 1. The van der Waals surface area contributed by atoms with E-state index in [2.05, 4.69) is 24.1 Å². The summed E-state index contributed by atoms with van der Waals surface area (Å²) in [4.78, 5) is 19.1. The fourth-order valence-corrected chi connectivity index (χ4v) is 6.00. The zero-order chi connectivity index (χ0) is 25.3. The van der Waals surface area contributed by atoms with Crippen LogP contribution in [0.4, 0.5) is 5.69 Å². The fourth-order valence-electron chi connectivity index (χ4n) is 3.88. The number of nitrogens with one attached hydrogen (secondary N) is 1. The molecule has 1 heterocycles. The maximum absolute atomic E-state index is 13.5. The Balaban J connectivity index is 2.04. The Morgan fingerprint density at radius 3 is 2.29 bits per heavy atom. The van der Waals surface area contributed by atoms with Crippen molar-refractivity contribution in [3.63, 3.8) is 0 Å². The van der Waals surface area contributed by atoms with Crippen molar-refractivity contribution < 1.29 is 9.53 Å². The maximum atomic E-state index is 13.5. The predicted molar refractivity (Wildman–Crippen MR) is 153 cm³/mol. The first-order valence-corrected chi connectivity index (χ1v) is 15.2.